The van der Waals surface area contributed by atoms with Crippen molar-refractivity contribution < 1.29 is 9.90 Å². The molecular weight excluding hydrogens is 310 g/mol. The van der Waals surface area contributed by atoms with Gasteiger partial charge >= 0.3 is 6.09 Å². The zero-order chi connectivity index (χ0) is 15.7. The summed E-state index contributed by atoms with van der Waals surface area (Å²) in [6.45, 7) is 1.14. The molecule has 0 saturated carbocycles. The number of carboxylic acid groups (broad SMARTS) is 1. The van der Waals surface area contributed by atoms with E-state index in [2.05, 4.69) is 25.7 Å². The van der Waals surface area contributed by atoms with Crippen molar-refractivity contribution in [1.82, 2.24) is 20.3 Å². The molecule has 10 heteroatoms. The number of nitrogens with one attached hydrogen (secondary N) is 2. The summed E-state index contributed by atoms with van der Waals surface area (Å²) in [4.78, 5) is 25.6. The van der Waals surface area contributed by atoms with Gasteiger partial charge in [-0.25, -0.2) is 25.6 Å². The largest absolute Gasteiger partial charge is 0.465 e. The van der Waals surface area contributed by atoms with E-state index >= 15 is 0 Å². The Hall–Kier alpha value is -2.39. The Morgan fingerprint density at radius 3 is 3.05 bits per heavy atom. The van der Waals surface area contributed by atoms with Gasteiger partial charge in [-0.3, -0.25) is 0 Å². The minimum absolute atomic E-state index is 0.154. The Bertz CT molecular complexity index is 726. The summed E-state index contributed by atoms with van der Waals surface area (Å²) >= 11 is 5.89. The van der Waals surface area contributed by atoms with Crippen molar-refractivity contribution in [1.29, 1.82) is 0 Å². The first kappa shape index (κ1) is 14.5. The molecule has 2 aromatic heterocycles. The van der Waals surface area contributed by atoms with Crippen molar-refractivity contribution in [3.8, 4) is 0 Å². The maximum atomic E-state index is 10.7. The second-order valence-corrected chi connectivity index (χ2v) is 5.35. The monoisotopic (exact) mass is 323 g/mol. The Balaban J connectivity index is 1.93. The summed E-state index contributed by atoms with van der Waals surface area (Å²) in [6, 6.07) is 1.50. The topological polar surface area (TPSA) is 129 Å². The van der Waals surface area contributed by atoms with Gasteiger partial charge in [0, 0.05) is 19.3 Å². The van der Waals surface area contributed by atoms with Gasteiger partial charge in [0.25, 0.3) is 0 Å². The van der Waals surface area contributed by atoms with E-state index < -0.39 is 6.09 Å². The average molecular weight is 324 g/mol. The quantitative estimate of drug-likeness (QED) is 0.482. The first-order chi connectivity index (χ1) is 10.6. The van der Waals surface area contributed by atoms with Gasteiger partial charge in [-0.15, -0.1) is 0 Å². The van der Waals surface area contributed by atoms with E-state index in [0.29, 0.717) is 47.3 Å². The summed E-state index contributed by atoms with van der Waals surface area (Å²) in [5.74, 6) is 6.46. The number of pyridine rings is 1. The van der Waals surface area contributed by atoms with Gasteiger partial charge in [0.05, 0.1) is 11.1 Å². The Kier molecular flexibility index (Phi) is 3.82. The molecule has 22 heavy (non-hydrogen) atoms. The molecule has 116 valence electrons. The molecule has 1 fully saturated rings. The van der Waals surface area contributed by atoms with Gasteiger partial charge in [-0.2, -0.15) is 0 Å². The van der Waals surface area contributed by atoms with Crippen LogP contribution in [0, 0.1) is 0 Å². The molecule has 9 nitrogen and oxygen atoms in total. The van der Waals surface area contributed by atoms with Crippen LogP contribution in [0.15, 0.2) is 12.3 Å². The van der Waals surface area contributed by atoms with Crippen LogP contribution in [-0.2, 0) is 0 Å². The molecular formula is C12H14ClN7O2. The summed E-state index contributed by atoms with van der Waals surface area (Å²) in [5.41, 5.74) is 3.50. The highest BCUT2D eigenvalue weighted by molar-refractivity contribution is 6.31. The van der Waals surface area contributed by atoms with Crippen molar-refractivity contribution in [3.63, 3.8) is 0 Å². The number of amides is 1. The lowest BCUT2D eigenvalue weighted by Gasteiger charge is -2.20. The third-order valence-corrected chi connectivity index (χ3v) is 3.63. The first-order valence-electron chi connectivity index (χ1n) is 6.61. The Labute approximate surface area is 130 Å². The van der Waals surface area contributed by atoms with Crippen molar-refractivity contribution in [2.24, 2.45) is 5.84 Å². The van der Waals surface area contributed by atoms with Crippen molar-refractivity contribution in [2.75, 3.05) is 23.4 Å². The Morgan fingerprint density at radius 1 is 1.50 bits per heavy atom. The molecule has 0 radical (unpaired) electrons. The van der Waals surface area contributed by atoms with Crippen LogP contribution in [0.3, 0.4) is 0 Å². The van der Waals surface area contributed by atoms with E-state index in [4.69, 9.17) is 22.6 Å². The minimum atomic E-state index is -1.04. The van der Waals surface area contributed by atoms with Crippen molar-refractivity contribution in [3.05, 3.63) is 17.3 Å². The summed E-state index contributed by atoms with van der Waals surface area (Å²) in [7, 11) is 0. The molecule has 1 aliphatic heterocycles. The molecule has 5 N–H and O–H groups in total. The van der Waals surface area contributed by atoms with E-state index in [1.54, 1.807) is 6.07 Å². The number of hydrogen-bond donors (Lipinski definition) is 4. The third-order valence-electron chi connectivity index (χ3n) is 3.42. The smallest absolute Gasteiger partial charge is 0.404 e. The maximum Gasteiger partial charge on any atom is 0.404 e. The lowest BCUT2D eigenvalue weighted by molar-refractivity contribution is 0.191. The SMILES string of the molecule is NNc1nc2cc(Cl)cnc2nc1N1CCC(NC(=O)O)C1. The molecule has 1 unspecified atom stereocenters. The van der Waals surface area contributed by atoms with Crippen LogP contribution in [0.1, 0.15) is 6.42 Å². The molecule has 1 saturated heterocycles. The molecule has 0 bridgehead atoms. The second-order valence-electron chi connectivity index (χ2n) is 4.92. The van der Waals surface area contributed by atoms with Crippen molar-refractivity contribution >= 4 is 40.5 Å². The zero-order valence-corrected chi connectivity index (χ0v) is 12.2. The predicted molar refractivity (Wildman–Crippen MR) is 81.9 cm³/mol. The fraction of sp³-hybridized carbons (Fsp3) is 0.333. The Morgan fingerprint density at radius 2 is 2.32 bits per heavy atom. The molecule has 2 aromatic rings. The molecule has 0 spiro atoms. The summed E-state index contributed by atoms with van der Waals surface area (Å²) < 4.78 is 0. The second kappa shape index (κ2) is 5.78. The number of anilines is 2. The number of hydrogen-bond acceptors (Lipinski definition) is 7. The number of nitrogens with zero attached hydrogens (tertiary/aromatic N) is 4. The fourth-order valence-corrected chi connectivity index (χ4v) is 2.63. The van der Waals surface area contributed by atoms with E-state index in [1.165, 1.54) is 6.20 Å². The van der Waals surface area contributed by atoms with Gasteiger partial charge in [-0.1, -0.05) is 11.6 Å². The number of carbonyl (C=O) groups is 1. The molecule has 1 aliphatic rings. The average Bonchev–Trinajstić information content (AvgIpc) is 2.93. The normalized spacial score (nSPS) is 17.7. The zero-order valence-electron chi connectivity index (χ0n) is 11.5. The summed E-state index contributed by atoms with van der Waals surface area (Å²) in [6.07, 6.45) is 1.14. The first-order valence-corrected chi connectivity index (χ1v) is 6.99. The number of nitrogens with two attached hydrogens (primary N) is 1. The highest BCUT2D eigenvalue weighted by Gasteiger charge is 2.27. The van der Waals surface area contributed by atoms with Crippen LogP contribution in [-0.4, -0.2) is 45.3 Å². The van der Waals surface area contributed by atoms with Gasteiger partial charge in [0.15, 0.2) is 17.3 Å². The molecule has 3 rings (SSSR count). The van der Waals surface area contributed by atoms with Crippen molar-refractivity contribution in [2.45, 2.75) is 12.5 Å². The third kappa shape index (κ3) is 2.81. The number of nitrogen functional groups attached to an aromatic ring is 1. The van der Waals surface area contributed by atoms with Crippen LogP contribution >= 0.6 is 11.6 Å². The molecule has 1 atom stereocenters. The van der Waals surface area contributed by atoms with Crippen LogP contribution in [0.4, 0.5) is 16.4 Å². The predicted octanol–water partition coefficient (Wildman–Crippen LogP) is 0.810. The number of hydrazine groups is 1. The molecule has 1 amide bonds. The van der Waals surface area contributed by atoms with Gasteiger partial charge in [0.2, 0.25) is 0 Å². The summed E-state index contributed by atoms with van der Waals surface area (Å²) in [5, 5.41) is 11.7. The van der Waals surface area contributed by atoms with Crippen LogP contribution in [0.25, 0.3) is 11.2 Å². The fourth-order valence-electron chi connectivity index (χ4n) is 2.48. The minimum Gasteiger partial charge on any atom is -0.465 e. The van der Waals surface area contributed by atoms with E-state index in [9.17, 15) is 4.79 Å². The number of halogens is 1. The highest BCUT2D eigenvalue weighted by atomic mass is 35.5. The molecule has 3 heterocycles. The van der Waals surface area contributed by atoms with E-state index in [0.717, 1.165) is 0 Å². The van der Waals surface area contributed by atoms with Crippen LogP contribution < -0.4 is 21.5 Å². The van der Waals surface area contributed by atoms with E-state index in [1.807, 2.05) is 4.90 Å². The van der Waals surface area contributed by atoms with Crippen LogP contribution in [0.2, 0.25) is 5.02 Å². The number of fused-ring (bicyclic) bond motifs is 1. The van der Waals surface area contributed by atoms with Gasteiger partial charge < -0.3 is 20.7 Å². The maximum absolute atomic E-state index is 10.7. The lowest BCUT2D eigenvalue weighted by atomic mass is 10.3. The standard InChI is InChI=1S/C12H14ClN7O2/c13-6-3-8-9(15-4-6)18-11(10(17-8)19-14)20-2-1-7(5-20)16-12(21)22/h3-4,7,16H,1-2,5,14H2,(H,17,19)(H,21,22). The highest BCUT2D eigenvalue weighted by Crippen LogP contribution is 2.27. The molecule has 0 aromatic carbocycles. The number of rotatable bonds is 3. The lowest BCUT2D eigenvalue weighted by Crippen LogP contribution is -2.36. The molecule has 0 aliphatic carbocycles. The van der Waals surface area contributed by atoms with Gasteiger partial charge in [0.1, 0.15) is 5.52 Å². The van der Waals surface area contributed by atoms with E-state index in [-0.39, 0.29) is 6.04 Å². The van der Waals surface area contributed by atoms with Gasteiger partial charge in [-0.05, 0) is 12.5 Å². The van der Waals surface area contributed by atoms with Crippen LogP contribution in [0.5, 0.6) is 0 Å². The number of aromatic nitrogens is 3.